The zero-order valence-electron chi connectivity index (χ0n) is 12.2. The zero-order valence-corrected chi connectivity index (χ0v) is 13.0. The summed E-state index contributed by atoms with van der Waals surface area (Å²) >= 11 is 1.59. The number of carbonyl (C=O) groups is 1. The van der Waals surface area contributed by atoms with Gasteiger partial charge in [-0.3, -0.25) is 9.89 Å². The van der Waals surface area contributed by atoms with Gasteiger partial charge in [-0.1, -0.05) is 18.2 Å². The summed E-state index contributed by atoms with van der Waals surface area (Å²) in [4.78, 5) is 15.6. The molecule has 1 amide bonds. The third kappa shape index (κ3) is 2.41. The maximum absolute atomic E-state index is 12.8. The molecule has 1 unspecified atom stereocenters. The van der Waals surface area contributed by atoms with Crippen molar-refractivity contribution in [2.24, 2.45) is 0 Å². The molecule has 5 heteroatoms. The van der Waals surface area contributed by atoms with Gasteiger partial charge in [0.2, 0.25) is 0 Å². The molecule has 0 bridgehead atoms. The molecule has 1 aromatic carbocycles. The van der Waals surface area contributed by atoms with Gasteiger partial charge in [-0.25, -0.2) is 0 Å². The van der Waals surface area contributed by atoms with E-state index >= 15 is 0 Å². The highest BCUT2D eigenvalue weighted by Gasteiger charge is 2.27. The first-order chi connectivity index (χ1) is 10.8. The summed E-state index contributed by atoms with van der Waals surface area (Å²) in [7, 11) is 0. The van der Waals surface area contributed by atoms with Gasteiger partial charge < -0.3 is 4.90 Å². The van der Waals surface area contributed by atoms with Gasteiger partial charge in [0, 0.05) is 35.6 Å². The van der Waals surface area contributed by atoms with Crippen molar-refractivity contribution >= 4 is 27.3 Å². The lowest BCUT2D eigenvalue weighted by molar-refractivity contribution is 0.0711. The summed E-state index contributed by atoms with van der Waals surface area (Å²) in [5.41, 5.74) is 1.13. The number of aromatic amines is 1. The Kier molecular flexibility index (Phi) is 3.42. The topological polar surface area (TPSA) is 49.0 Å². The average Bonchev–Trinajstić information content (AvgIpc) is 3.23. The number of aromatic nitrogens is 2. The van der Waals surface area contributed by atoms with Crippen molar-refractivity contribution in [3.05, 3.63) is 53.2 Å². The van der Waals surface area contributed by atoms with Gasteiger partial charge in [-0.15, -0.1) is 11.3 Å². The molecule has 3 heterocycles. The number of amides is 1. The van der Waals surface area contributed by atoms with Crippen LogP contribution in [0.1, 0.15) is 34.1 Å². The van der Waals surface area contributed by atoms with Gasteiger partial charge in [0.05, 0.1) is 4.88 Å². The lowest BCUT2D eigenvalue weighted by Gasteiger charge is -2.31. The standard InChI is InChI=1S/C17H17N3OS/c21-17(16-10-12-4-1-2-6-15(12)22-16)20-9-3-5-13(11-20)14-7-8-18-19-14/h1-2,4,6-8,10,13H,3,5,9,11H2,(H,18,19). The number of piperidine rings is 1. The second kappa shape index (κ2) is 5.57. The van der Waals surface area contributed by atoms with E-state index in [1.807, 2.05) is 29.2 Å². The number of thiophene rings is 1. The minimum absolute atomic E-state index is 0.158. The van der Waals surface area contributed by atoms with Crippen LogP contribution in [-0.2, 0) is 0 Å². The number of hydrogen-bond acceptors (Lipinski definition) is 3. The maximum Gasteiger partial charge on any atom is 0.263 e. The molecule has 1 saturated heterocycles. The van der Waals surface area contributed by atoms with E-state index in [0.29, 0.717) is 5.92 Å². The average molecular weight is 311 g/mol. The molecule has 22 heavy (non-hydrogen) atoms. The minimum atomic E-state index is 0.158. The molecule has 3 aromatic rings. The number of nitrogens with one attached hydrogen (secondary N) is 1. The van der Waals surface area contributed by atoms with E-state index in [4.69, 9.17) is 0 Å². The van der Waals surface area contributed by atoms with E-state index in [-0.39, 0.29) is 5.91 Å². The molecule has 0 radical (unpaired) electrons. The number of fused-ring (bicyclic) bond motifs is 1. The quantitative estimate of drug-likeness (QED) is 0.785. The van der Waals surface area contributed by atoms with Crippen LogP contribution in [0, 0.1) is 0 Å². The third-order valence-corrected chi connectivity index (χ3v) is 5.41. The molecule has 4 rings (SSSR count). The lowest BCUT2D eigenvalue weighted by atomic mass is 9.95. The Morgan fingerprint density at radius 1 is 1.32 bits per heavy atom. The molecule has 1 fully saturated rings. The van der Waals surface area contributed by atoms with Crippen molar-refractivity contribution in [2.75, 3.05) is 13.1 Å². The summed E-state index contributed by atoms with van der Waals surface area (Å²) in [5.74, 6) is 0.528. The largest absolute Gasteiger partial charge is 0.337 e. The molecule has 1 N–H and O–H groups in total. The number of carbonyl (C=O) groups excluding carboxylic acids is 1. The van der Waals surface area contributed by atoms with Crippen molar-refractivity contribution in [1.29, 1.82) is 0 Å². The predicted octanol–water partition coefficient (Wildman–Crippen LogP) is 3.64. The number of nitrogens with zero attached hydrogens (tertiary/aromatic N) is 2. The smallest absolute Gasteiger partial charge is 0.263 e. The molecule has 2 aromatic heterocycles. The fourth-order valence-corrected chi connectivity index (χ4v) is 4.18. The Bertz CT molecular complexity index is 760. The van der Waals surface area contributed by atoms with E-state index in [2.05, 4.69) is 22.3 Å². The Balaban J connectivity index is 1.56. The second-order valence-electron chi connectivity index (χ2n) is 5.75. The fourth-order valence-electron chi connectivity index (χ4n) is 3.15. The summed E-state index contributed by atoms with van der Waals surface area (Å²) in [5, 5.41) is 8.22. The van der Waals surface area contributed by atoms with Crippen LogP contribution < -0.4 is 0 Å². The lowest BCUT2D eigenvalue weighted by Crippen LogP contribution is -2.38. The molecule has 112 valence electrons. The number of likely N-dealkylation sites (tertiary alicyclic amines) is 1. The molecule has 1 aliphatic rings. The van der Waals surface area contributed by atoms with Crippen molar-refractivity contribution in [3.63, 3.8) is 0 Å². The Labute approximate surface area is 132 Å². The first-order valence-electron chi connectivity index (χ1n) is 7.58. The van der Waals surface area contributed by atoms with Crippen LogP contribution in [0.2, 0.25) is 0 Å². The molecule has 1 atom stereocenters. The number of hydrogen-bond donors (Lipinski definition) is 1. The summed E-state index contributed by atoms with van der Waals surface area (Å²) < 4.78 is 1.17. The summed E-state index contributed by atoms with van der Waals surface area (Å²) in [6, 6.07) is 12.2. The number of benzene rings is 1. The monoisotopic (exact) mass is 311 g/mol. The second-order valence-corrected chi connectivity index (χ2v) is 6.83. The summed E-state index contributed by atoms with van der Waals surface area (Å²) in [6.45, 7) is 1.62. The first kappa shape index (κ1) is 13.5. The Morgan fingerprint density at radius 2 is 2.23 bits per heavy atom. The molecule has 0 saturated carbocycles. The molecular weight excluding hydrogens is 294 g/mol. The molecular formula is C17H17N3OS. The van der Waals surface area contributed by atoms with Gasteiger partial charge >= 0.3 is 0 Å². The van der Waals surface area contributed by atoms with Crippen LogP contribution in [0.15, 0.2) is 42.6 Å². The predicted molar refractivity (Wildman–Crippen MR) is 88.3 cm³/mol. The van der Waals surface area contributed by atoms with Crippen molar-refractivity contribution in [3.8, 4) is 0 Å². The van der Waals surface area contributed by atoms with Crippen molar-refractivity contribution in [2.45, 2.75) is 18.8 Å². The normalized spacial score (nSPS) is 18.7. The van der Waals surface area contributed by atoms with E-state index < -0.39 is 0 Å². The SMILES string of the molecule is O=C(c1cc2ccccc2s1)N1CCCC(c2ccn[nH]2)C1. The third-order valence-electron chi connectivity index (χ3n) is 4.31. The highest BCUT2D eigenvalue weighted by atomic mass is 32.1. The molecule has 0 aliphatic carbocycles. The fraction of sp³-hybridized carbons (Fsp3) is 0.294. The van der Waals surface area contributed by atoms with Gasteiger partial charge in [0.15, 0.2) is 0 Å². The zero-order chi connectivity index (χ0) is 14.9. The highest BCUT2D eigenvalue weighted by Crippen LogP contribution is 2.30. The molecule has 0 spiro atoms. The Hall–Kier alpha value is -2.14. The van der Waals surface area contributed by atoms with E-state index in [0.717, 1.165) is 41.9 Å². The van der Waals surface area contributed by atoms with Crippen molar-refractivity contribution < 1.29 is 4.79 Å². The van der Waals surface area contributed by atoms with Crippen LogP contribution in [0.25, 0.3) is 10.1 Å². The van der Waals surface area contributed by atoms with Crippen LogP contribution in [0.3, 0.4) is 0 Å². The van der Waals surface area contributed by atoms with E-state index in [9.17, 15) is 4.79 Å². The Morgan fingerprint density at radius 3 is 3.05 bits per heavy atom. The van der Waals surface area contributed by atoms with Gasteiger partial charge in [-0.05, 0) is 36.4 Å². The maximum atomic E-state index is 12.8. The first-order valence-corrected chi connectivity index (χ1v) is 8.40. The van der Waals surface area contributed by atoms with Crippen LogP contribution in [0.4, 0.5) is 0 Å². The van der Waals surface area contributed by atoms with Crippen molar-refractivity contribution in [1.82, 2.24) is 15.1 Å². The summed E-state index contributed by atoms with van der Waals surface area (Å²) in [6.07, 6.45) is 3.93. The van der Waals surface area contributed by atoms with Crippen LogP contribution in [0.5, 0.6) is 0 Å². The van der Waals surface area contributed by atoms with Gasteiger partial charge in [-0.2, -0.15) is 5.10 Å². The molecule has 1 aliphatic heterocycles. The van der Waals surface area contributed by atoms with E-state index in [1.165, 1.54) is 4.70 Å². The van der Waals surface area contributed by atoms with Gasteiger partial charge in [0.25, 0.3) is 5.91 Å². The number of rotatable bonds is 2. The van der Waals surface area contributed by atoms with Gasteiger partial charge in [0.1, 0.15) is 0 Å². The van der Waals surface area contributed by atoms with E-state index in [1.54, 1.807) is 17.5 Å². The number of H-pyrrole nitrogens is 1. The minimum Gasteiger partial charge on any atom is -0.337 e. The molecule has 4 nitrogen and oxygen atoms in total. The highest BCUT2D eigenvalue weighted by molar-refractivity contribution is 7.20. The van der Waals surface area contributed by atoms with Crippen LogP contribution >= 0.6 is 11.3 Å². The van der Waals surface area contributed by atoms with Crippen LogP contribution in [-0.4, -0.2) is 34.1 Å².